The summed E-state index contributed by atoms with van der Waals surface area (Å²) in [5, 5.41) is 3.30. The molecule has 0 spiro atoms. The van der Waals surface area contributed by atoms with Crippen molar-refractivity contribution in [2.24, 2.45) is 0 Å². The molecule has 0 N–H and O–H groups in total. The number of fused-ring (bicyclic) bond motifs is 2. The zero-order valence-corrected chi connectivity index (χ0v) is 18.9. The Morgan fingerprint density at radius 1 is 0.529 bits per heavy atom. The lowest BCUT2D eigenvalue weighted by atomic mass is 10.0. The number of benzene rings is 4. The van der Waals surface area contributed by atoms with Crippen molar-refractivity contribution in [1.82, 2.24) is 4.68 Å². The van der Waals surface area contributed by atoms with Gasteiger partial charge in [0.25, 0.3) is 11.8 Å². The quantitative estimate of drug-likeness (QED) is 0.298. The number of aryl methyl sites for hydroxylation is 2. The Morgan fingerprint density at radius 2 is 1.06 bits per heavy atom. The SMILES string of the molecule is Cc1ccc2c(c1)C(=O)N(n1c(-c3ccccc3)c3ccc(C)cc3c1-c1ccccc1)C2=O. The zero-order valence-electron chi connectivity index (χ0n) is 18.9. The van der Waals surface area contributed by atoms with Crippen LogP contribution < -0.4 is 5.01 Å². The van der Waals surface area contributed by atoms with E-state index in [1.165, 1.54) is 5.01 Å². The lowest BCUT2D eigenvalue weighted by molar-refractivity contribution is 0.0888. The molecular formula is C30H22N2O2. The van der Waals surface area contributed by atoms with Gasteiger partial charge in [-0.25, -0.2) is 4.68 Å². The summed E-state index contributed by atoms with van der Waals surface area (Å²) in [6.07, 6.45) is 0. The molecule has 164 valence electrons. The van der Waals surface area contributed by atoms with Crippen LogP contribution in [0.15, 0.2) is 97.1 Å². The second-order valence-electron chi connectivity index (χ2n) is 8.76. The highest BCUT2D eigenvalue weighted by Crippen LogP contribution is 2.41. The molecule has 0 saturated carbocycles. The molecule has 4 nitrogen and oxygen atoms in total. The van der Waals surface area contributed by atoms with Gasteiger partial charge in [-0.05, 0) is 32.0 Å². The van der Waals surface area contributed by atoms with E-state index in [0.717, 1.165) is 44.4 Å². The second kappa shape index (κ2) is 7.56. The summed E-state index contributed by atoms with van der Waals surface area (Å²) < 4.78 is 1.83. The maximum atomic E-state index is 13.8. The van der Waals surface area contributed by atoms with E-state index >= 15 is 0 Å². The highest BCUT2D eigenvalue weighted by atomic mass is 16.2. The van der Waals surface area contributed by atoms with E-state index in [1.807, 2.05) is 78.3 Å². The molecule has 34 heavy (non-hydrogen) atoms. The predicted octanol–water partition coefficient (Wildman–Crippen LogP) is 6.52. The molecule has 1 aromatic heterocycles. The van der Waals surface area contributed by atoms with Crippen molar-refractivity contribution in [3.63, 3.8) is 0 Å². The van der Waals surface area contributed by atoms with Crippen molar-refractivity contribution in [1.29, 1.82) is 0 Å². The average Bonchev–Trinajstić information content (AvgIpc) is 3.30. The summed E-state index contributed by atoms with van der Waals surface area (Å²) in [5.41, 5.74) is 6.45. The van der Waals surface area contributed by atoms with Crippen LogP contribution in [0, 0.1) is 13.8 Å². The van der Waals surface area contributed by atoms with Crippen molar-refractivity contribution < 1.29 is 9.59 Å². The van der Waals surface area contributed by atoms with Gasteiger partial charge in [-0.1, -0.05) is 90.0 Å². The molecule has 2 heterocycles. The maximum absolute atomic E-state index is 13.8. The number of carbonyl (C=O) groups excluding carboxylic acids is 2. The molecule has 2 amide bonds. The van der Waals surface area contributed by atoms with Crippen LogP contribution in [0.1, 0.15) is 31.8 Å². The first-order chi connectivity index (χ1) is 16.5. The highest BCUT2D eigenvalue weighted by molar-refractivity contribution is 6.31. The minimum atomic E-state index is -0.314. The number of imide groups is 1. The van der Waals surface area contributed by atoms with Gasteiger partial charge in [0, 0.05) is 21.9 Å². The number of hydrogen-bond acceptors (Lipinski definition) is 2. The fourth-order valence-corrected chi connectivity index (χ4v) is 4.87. The van der Waals surface area contributed by atoms with E-state index < -0.39 is 0 Å². The van der Waals surface area contributed by atoms with Crippen molar-refractivity contribution >= 4 is 22.6 Å². The highest BCUT2D eigenvalue weighted by Gasteiger charge is 2.40. The molecule has 0 radical (unpaired) electrons. The van der Waals surface area contributed by atoms with Crippen LogP contribution in [0.3, 0.4) is 0 Å². The summed E-state index contributed by atoms with van der Waals surface area (Å²) in [6.45, 7) is 3.98. The van der Waals surface area contributed by atoms with Gasteiger partial charge in [-0.15, -0.1) is 0 Å². The van der Waals surface area contributed by atoms with E-state index in [9.17, 15) is 9.59 Å². The fourth-order valence-electron chi connectivity index (χ4n) is 4.87. The van der Waals surface area contributed by atoms with Crippen LogP contribution >= 0.6 is 0 Å². The third-order valence-electron chi connectivity index (χ3n) is 6.42. The van der Waals surface area contributed by atoms with Crippen LogP contribution in [0.2, 0.25) is 0 Å². The van der Waals surface area contributed by atoms with Crippen molar-refractivity contribution in [3.05, 3.63) is 119 Å². The Morgan fingerprint density at radius 3 is 1.71 bits per heavy atom. The van der Waals surface area contributed by atoms with E-state index in [2.05, 4.69) is 25.1 Å². The Balaban J connectivity index is 1.75. The molecule has 0 saturated heterocycles. The van der Waals surface area contributed by atoms with Crippen molar-refractivity contribution in [2.75, 3.05) is 5.01 Å². The molecule has 0 aliphatic carbocycles. The third kappa shape index (κ3) is 2.92. The van der Waals surface area contributed by atoms with E-state index in [-0.39, 0.29) is 11.8 Å². The normalized spacial score (nSPS) is 13.1. The summed E-state index contributed by atoms with van der Waals surface area (Å²) in [5.74, 6) is -0.624. The first-order valence-electron chi connectivity index (χ1n) is 11.3. The van der Waals surface area contributed by atoms with Crippen molar-refractivity contribution in [3.8, 4) is 22.5 Å². The lowest BCUT2D eigenvalue weighted by Gasteiger charge is -2.22. The van der Waals surface area contributed by atoms with Crippen LogP contribution in [-0.2, 0) is 0 Å². The summed E-state index contributed by atoms with van der Waals surface area (Å²) in [7, 11) is 0. The molecule has 4 aromatic carbocycles. The summed E-state index contributed by atoms with van der Waals surface area (Å²) in [4.78, 5) is 27.5. The Labute approximate surface area is 197 Å². The first-order valence-corrected chi connectivity index (χ1v) is 11.3. The number of carbonyl (C=O) groups is 2. The number of amides is 2. The van der Waals surface area contributed by atoms with E-state index in [0.29, 0.717) is 11.1 Å². The molecule has 5 aromatic rings. The van der Waals surface area contributed by atoms with Crippen molar-refractivity contribution in [2.45, 2.75) is 13.8 Å². The molecule has 0 fully saturated rings. The Kier molecular flexibility index (Phi) is 4.49. The van der Waals surface area contributed by atoms with Crippen LogP contribution in [-0.4, -0.2) is 16.5 Å². The monoisotopic (exact) mass is 442 g/mol. The van der Waals surface area contributed by atoms with Gasteiger partial charge in [0.15, 0.2) is 0 Å². The molecule has 1 aliphatic heterocycles. The van der Waals surface area contributed by atoms with Gasteiger partial charge >= 0.3 is 0 Å². The van der Waals surface area contributed by atoms with Gasteiger partial charge in [0.1, 0.15) is 0 Å². The first kappa shape index (κ1) is 20.2. The molecular weight excluding hydrogens is 420 g/mol. The summed E-state index contributed by atoms with van der Waals surface area (Å²) >= 11 is 0. The van der Waals surface area contributed by atoms with Gasteiger partial charge in [0.05, 0.1) is 22.5 Å². The third-order valence-corrected chi connectivity index (χ3v) is 6.42. The standard InChI is InChI=1S/C30H22N2O2/c1-19-13-15-23-25(17-19)28(22-11-7-4-8-12-22)31(27(23)21-9-5-3-6-10-21)32-29(33)24-16-14-20(2)18-26(24)30(32)34/h3-18H,1-2H3. The zero-order chi connectivity index (χ0) is 23.4. The van der Waals surface area contributed by atoms with Crippen LogP contribution in [0.5, 0.6) is 0 Å². The topological polar surface area (TPSA) is 42.3 Å². The number of aromatic nitrogens is 1. The van der Waals surface area contributed by atoms with Gasteiger partial charge in [0.2, 0.25) is 0 Å². The molecule has 1 aliphatic rings. The maximum Gasteiger partial charge on any atom is 0.281 e. The lowest BCUT2D eigenvalue weighted by Crippen LogP contribution is -2.40. The van der Waals surface area contributed by atoms with E-state index in [4.69, 9.17) is 0 Å². The largest absolute Gasteiger partial charge is 0.281 e. The van der Waals surface area contributed by atoms with E-state index in [1.54, 1.807) is 12.1 Å². The minimum absolute atomic E-state index is 0.310. The summed E-state index contributed by atoms with van der Waals surface area (Å²) in [6, 6.07) is 31.6. The molecule has 0 atom stereocenters. The number of rotatable bonds is 3. The number of nitrogens with zero attached hydrogens (tertiary/aromatic N) is 2. The van der Waals surface area contributed by atoms with Crippen LogP contribution in [0.25, 0.3) is 33.3 Å². The number of hydrogen-bond donors (Lipinski definition) is 0. The molecule has 6 rings (SSSR count). The van der Waals surface area contributed by atoms with Crippen LogP contribution in [0.4, 0.5) is 0 Å². The molecule has 0 bridgehead atoms. The fraction of sp³-hybridized carbons (Fsp3) is 0.0667. The van der Waals surface area contributed by atoms with Gasteiger partial charge in [-0.3, -0.25) is 9.59 Å². The Hall–Kier alpha value is -4.44. The smallest absolute Gasteiger partial charge is 0.267 e. The van der Waals surface area contributed by atoms with Gasteiger partial charge < -0.3 is 0 Å². The second-order valence-corrected chi connectivity index (χ2v) is 8.76. The average molecular weight is 443 g/mol. The minimum Gasteiger partial charge on any atom is -0.267 e. The molecule has 0 unspecified atom stereocenters. The van der Waals surface area contributed by atoms with Gasteiger partial charge in [-0.2, -0.15) is 5.01 Å². The Bertz CT molecular complexity index is 1600. The molecule has 4 heteroatoms. The predicted molar refractivity (Wildman–Crippen MR) is 136 cm³/mol.